The molecule has 0 spiro atoms. The number of ether oxygens (including phenoxy) is 1. The predicted molar refractivity (Wildman–Crippen MR) is 129 cm³/mol. The number of fused-ring (bicyclic) bond motifs is 1. The van der Waals surface area contributed by atoms with Gasteiger partial charge in [-0.2, -0.15) is 18.3 Å². The Labute approximate surface area is 216 Å². The van der Waals surface area contributed by atoms with Crippen LogP contribution in [0.3, 0.4) is 0 Å². The molecule has 1 aromatic carbocycles. The van der Waals surface area contributed by atoms with Crippen molar-refractivity contribution < 1.29 is 40.3 Å². The number of nitrogens with zero attached hydrogens (tertiary/aromatic N) is 2. The Hall–Kier alpha value is -3.16. The number of anilines is 1. The Balaban J connectivity index is 1.46. The quantitative estimate of drug-likeness (QED) is 0.408. The SMILES string of the molecule is CS(=O)(=O)CC(=O)Nc1c2c(nn1CCC1CC1)C[C@H](CCc1ccc(F)c(OCC(F)(F)F)c1)NC2=O. The summed E-state index contributed by atoms with van der Waals surface area (Å²) in [6.07, 6.45) is 0.393. The second-order valence-electron chi connectivity index (χ2n) is 9.83. The fraction of sp³-hybridized carbons (Fsp3) is 0.542. The summed E-state index contributed by atoms with van der Waals surface area (Å²) in [5.41, 5.74) is 1.17. The van der Waals surface area contributed by atoms with Crippen LogP contribution >= 0.6 is 0 Å². The summed E-state index contributed by atoms with van der Waals surface area (Å²) in [5, 5.41) is 9.94. The Kier molecular flexibility index (Phi) is 8.00. The number of aryl methyl sites for hydroxylation is 2. The van der Waals surface area contributed by atoms with E-state index in [2.05, 4.69) is 20.5 Å². The van der Waals surface area contributed by atoms with Crippen LogP contribution in [0.15, 0.2) is 18.2 Å². The summed E-state index contributed by atoms with van der Waals surface area (Å²) in [4.78, 5) is 25.4. The third kappa shape index (κ3) is 7.68. The summed E-state index contributed by atoms with van der Waals surface area (Å²) < 4.78 is 80.4. The van der Waals surface area contributed by atoms with E-state index < -0.39 is 51.8 Å². The third-order valence-electron chi connectivity index (χ3n) is 6.29. The highest BCUT2D eigenvalue weighted by molar-refractivity contribution is 7.91. The molecule has 208 valence electrons. The van der Waals surface area contributed by atoms with Gasteiger partial charge < -0.3 is 15.4 Å². The first kappa shape index (κ1) is 27.9. The monoisotopic (exact) mass is 560 g/mol. The molecule has 4 rings (SSSR count). The van der Waals surface area contributed by atoms with E-state index in [1.807, 2.05) is 0 Å². The lowest BCUT2D eigenvalue weighted by atomic mass is 9.96. The number of carbonyl (C=O) groups is 2. The number of benzene rings is 1. The van der Waals surface area contributed by atoms with Crippen molar-refractivity contribution in [3.8, 4) is 5.75 Å². The maximum Gasteiger partial charge on any atom is 0.422 e. The van der Waals surface area contributed by atoms with Gasteiger partial charge in [0.15, 0.2) is 28.0 Å². The van der Waals surface area contributed by atoms with E-state index in [1.54, 1.807) is 0 Å². The zero-order valence-electron chi connectivity index (χ0n) is 20.6. The maximum atomic E-state index is 13.9. The van der Waals surface area contributed by atoms with Crippen LogP contribution in [0.1, 0.15) is 47.3 Å². The second-order valence-corrected chi connectivity index (χ2v) is 12.0. The van der Waals surface area contributed by atoms with Crippen LogP contribution in [0.5, 0.6) is 5.75 Å². The van der Waals surface area contributed by atoms with Crippen molar-refractivity contribution in [2.24, 2.45) is 5.92 Å². The highest BCUT2D eigenvalue weighted by atomic mass is 32.2. The largest absolute Gasteiger partial charge is 0.481 e. The van der Waals surface area contributed by atoms with Crippen molar-refractivity contribution >= 4 is 27.5 Å². The van der Waals surface area contributed by atoms with Gasteiger partial charge in [-0.25, -0.2) is 17.5 Å². The van der Waals surface area contributed by atoms with Crippen molar-refractivity contribution in [2.45, 2.75) is 57.3 Å². The summed E-state index contributed by atoms with van der Waals surface area (Å²) in [7, 11) is -3.58. The molecule has 1 aromatic heterocycles. The van der Waals surface area contributed by atoms with Crippen LogP contribution in [0, 0.1) is 11.7 Å². The van der Waals surface area contributed by atoms with Crippen LogP contribution in [-0.4, -0.2) is 60.8 Å². The Morgan fingerprint density at radius 2 is 2.00 bits per heavy atom. The molecule has 1 aliphatic heterocycles. The van der Waals surface area contributed by atoms with Gasteiger partial charge in [-0.1, -0.05) is 18.9 Å². The third-order valence-corrected chi connectivity index (χ3v) is 7.08. The van der Waals surface area contributed by atoms with Crippen molar-refractivity contribution in [3.63, 3.8) is 0 Å². The van der Waals surface area contributed by atoms with Gasteiger partial charge in [0.1, 0.15) is 17.1 Å². The van der Waals surface area contributed by atoms with E-state index >= 15 is 0 Å². The van der Waals surface area contributed by atoms with Crippen LogP contribution in [0.25, 0.3) is 0 Å². The number of nitrogens with one attached hydrogen (secondary N) is 2. The standard InChI is InChI=1S/C24H28F4N4O5S/c1-38(35,36)12-20(33)30-22-21-18(31-32(22)9-8-14-2-3-14)11-16(29-23(21)34)6-4-15-5-7-17(25)19(10-15)37-13-24(26,27)28/h5,7,10,14,16H,2-4,6,8-9,11-13H2,1H3,(H,29,34)(H,30,33)/t16-/m0/s1. The molecule has 0 saturated heterocycles. The number of halogens is 4. The van der Waals surface area contributed by atoms with Gasteiger partial charge >= 0.3 is 6.18 Å². The number of amides is 2. The van der Waals surface area contributed by atoms with Crippen LogP contribution in [0.4, 0.5) is 23.4 Å². The van der Waals surface area contributed by atoms with Crippen molar-refractivity contribution in [1.82, 2.24) is 15.1 Å². The lowest BCUT2D eigenvalue weighted by Crippen LogP contribution is -2.41. The van der Waals surface area contributed by atoms with Gasteiger partial charge in [0.25, 0.3) is 5.91 Å². The van der Waals surface area contributed by atoms with E-state index in [0.717, 1.165) is 31.6 Å². The average molecular weight is 561 g/mol. The number of hydrogen-bond acceptors (Lipinski definition) is 6. The van der Waals surface area contributed by atoms with Gasteiger partial charge in [-0.15, -0.1) is 0 Å². The molecule has 2 aromatic rings. The van der Waals surface area contributed by atoms with Crippen molar-refractivity contribution in [3.05, 3.63) is 40.8 Å². The molecule has 9 nitrogen and oxygen atoms in total. The predicted octanol–water partition coefficient (Wildman–Crippen LogP) is 3.03. The van der Waals surface area contributed by atoms with Crippen LogP contribution < -0.4 is 15.4 Å². The summed E-state index contributed by atoms with van der Waals surface area (Å²) >= 11 is 0. The van der Waals surface area contributed by atoms with Crippen molar-refractivity contribution in [2.75, 3.05) is 23.9 Å². The number of sulfone groups is 1. The molecule has 1 saturated carbocycles. The molecule has 2 heterocycles. The van der Waals surface area contributed by atoms with E-state index in [1.165, 1.54) is 16.8 Å². The van der Waals surface area contributed by atoms with Gasteiger partial charge in [0.2, 0.25) is 5.91 Å². The Morgan fingerprint density at radius 1 is 1.26 bits per heavy atom. The minimum absolute atomic E-state index is 0.162. The van der Waals surface area contributed by atoms with Crippen LogP contribution in [0.2, 0.25) is 0 Å². The number of hydrogen-bond donors (Lipinski definition) is 2. The van der Waals surface area contributed by atoms with E-state index in [9.17, 15) is 35.6 Å². The molecule has 1 atom stereocenters. The second kappa shape index (κ2) is 10.9. The molecule has 38 heavy (non-hydrogen) atoms. The summed E-state index contributed by atoms with van der Waals surface area (Å²) in [6.45, 7) is -1.15. The Morgan fingerprint density at radius 3 is 2.66 bits per heavy atom. The molecule has 0 unspecified atom stereocenters. The topological polar surface area (TPSA) is 119 Å². The minimum Gasteiger partial charge on any atom is -0.481 e. The smallest absolute Gasteiger partial charge is 0.422 e. The number of aromatic nitrogens is 2. The highest BCUT2D eigenvalue weighted by Crippen LogP contribution is 2.34. The lowest BCUT2D eigenvalue weighted by molar-refractivity contribution is -0.153. The normalized spacial score (nSPS) is 17.6. The zero-order valence-corrected chi connectivity index (χ0v) is 21.4. The molecule has 1 aliphatic carbocycles. The highest BCUT2D eigenvalue weighted by Gasteiger charge is 2.33. The summed E-state index contributed by atoms with van der Waals surface area (Å²) in [6, 6.07) is 3.31. The van der Waals surface area contributed by atoms with E-state index in [0.29, 0.717) is 43.0 Å². The van der Waals surface area contributed by atoms with Crippen LogP contribution in [-0.2, 0) is 34.0 Å². The van der Waals surface area contributed by atoms with Gasteiger partial charge in [0.05, 0.1) is 5.69 Å². The molecule has 0 bridgehead atoms. The van der Waals surface area contributed by atoms with E-state index in [4.69, 9.17) is 0 Å². The van der Waals surface area contributed by atoms with Gasteiger partial charge in [-0.05, 0) is 42.9 Å². The van der Waals surface area contributed by atoms with Crippen molar-refractivity contribution in [1.29, 1.82) is 0 Å². The molecule has 1 fully saturated rings. The first-order chi connectivity index (χ1) is 17.8. The first-order valence-electron chi connectivity index (χ1n) is 12.1. The molecule has 2 N–H and O–H groups in total. The number of alkyl halides is 3. The van der Waals surface area contributed by atoms with Gasteiger partial charge in [0, 0.05) is 25.3 Å². The maximum absolute atomic E-state index is 13.9. The lowest BCUT2D eigenvalue weighted by Gasteiger charge is -2.23. The molecule has 14 heteroatoms. The minimum atomic E-state index is -4.60. The number of rotatable bonds is 11. The average Bonchev–Trinajstić information content (AvgIpc) is 3.56. The first-order valence-corrected chi connectivity index (χ1v) is 14.2. The van der Waals surface area contributed by atoms with Gasteiger partial charge in [-0.3, -0.25) is 9.59 Å². The fourth-order valence-electron chi connectivity index (χ4n) is 4.33. The zero-order chi connectivity index (χ0) is 27.7. The molecular weight excluding hydrogens is 532 g/mol. The number of carbonyl (C=O) groups excluding carboxylic acids is 2. The molecular formula is C24H28F4N4O5S. The fourth-order valence-corrected chi connectivity index (χ4v) is 4.88. The molecule has 0 radical (unpaired) electrons. The molecule has 2 aliphatic rings. The summed E-state index contributed by atoms with van der Waals surface area (Å²) in [5.74, 6) is -2.66. The Bertz CT molecular complexity index is 1320. The molecule has 2 amide bonds. The van der Waals surface area contributed by atoms with E-state index in [-0.39, 0.29) is 17.4 Å².